The zero-order valence-electron chi connectivity index (χ0n) is 10.3. The summed E-state index contributed by atoms with van der Waals surface area (Å²) in [6.45, 7) is 6.49. The molecular weight excluding hydrogens is 226 g/mol. The van der Waals surface area contributed by atoms with E-state index in [1.807, 2.05) is 0 Å². The first-order valence-electron chi connectivity index (χ1n) is 5.44. The Morgan fingerprint density at radius 2 is 1.82 bits per heavy atom. The average molecular weight is 247 g/mol. The van der Waals surface area contributed by atoms with Crippen LogP contribution in [-0.4, -0.2) is 64.8 Å². The minimum Gasteiger partial charge on any atom is -0.440 e. The summed E-state index contributed by atoms with van der Waals surface area (Å²) < 4.78 is 5.06. The Balaban J connectivity index is 4.66. The van der Waals surface area contributed by atoms with Gasteiger partial charge in [0.05, 0.1) is 13.2 Å². The highest BCUT2D eigenvalue weighted by atomic mass is 16.6. The highest BCUT2D eigenvalue weighted by Crippen LogP contribution is 2.09. The highest BCUT2D eigenvalue weighted by Gasteiger charge is 2.26. The molecule has 6 nitrogen and oxygen atoms in total. The molecule has 0 spiro atoms. The van der Waals surface area contributed by atoms with Gasteiger partial charge >= 0.3 is 5.97 Å². The average Bonchev–Trinajstić information content (AvgIpc) is 2.24. The lowest BCUT2D eigenvalue weighted by Crippen LogP contribution is -2.48. The van der Waals surface area contributed by atoms with E-state index in [9.17, 15) is 9.90 Å². The third-order valence-electron chi connectivity index (χ3n) is 2.12. The molecule has 6 heteroatoms. The monoisotopic (exact) mass is 247 g/mol. The predicted molar refractivity (Wildman–Crippen MR) is 62.1 cm³/mol. The zero-order chi connectivity index (χ0) is 13.4. The third-order valence-corrected chi connectivity index (χ3v) is 2.12. The lowest BCUT2D eigenvalue weighted by Gasteiger charge is -2.32. The van der Waals surface area contributed by atoms with Gasteiger partial charge in [-0.05, 0) is 13.8 Å². The maximum atomic E-state index is 11.4. The third kappa shape index (κ3) is 5.78. The lowest BCUT2D eigenvalue weighted by atomic mass is 10.3. The Kier molecular flexibility index (Phi) is 7.73. The topological polar surface area (TPSA) is 90.2 Å². The lowest BCUT2D eigenvalue weighted by molar-refractivity contribution is -0.167. The molecule has 0 fully saturated rings. The van der Waals surface area contributed by atoms with Gasteiger partial charge in [0.1, 0.15) is 6.10 Å². The fourth-order valence-electron chi connectivity index (χ4n) is 1.31. The van der Waals surface area contributed by atoms with Crippen LogP contribution in [0.2, 0.25) is 0 Å². The second-order valence-electron chi connectivity index (χ2n) is 3.80. The molecule has 2 atom stereocenters. The summed E-state index contributed by atoms with van der Waals surface area (Å²) >= 11 is 0. The smallest absolute Gasteiger partial charge is 0.334 e. The number of carbonyl (C=O) groups excluding carboxylic acids is 1. The van der Waals surface area contributed by atoms with Crippen molar-refractivity contribution in [2.75, 3.05) is 26.3 Å². The molecule has 0 aliphatic heterocycles. The van der Waals surface area contributed by atoms with Crippen molar-refractivity contribution in [1.29, 1.82) is 0 Å². The van der Waals surface area contributed by atoms with Crippen LogP contribution in [0.3, 0.4) is 0 Å². The number of nitrogens with zero attached hydrogens (tertiary/aromatic N) is 1. The molecule has 0 saturated heterocycles. The van der Waals surface area contributed by atoms with Gasteiger partial charge in [0, 0.05) is 18.7 Å². The van der Waals surface area contributed by atoms with Crippen molar-refractivity contribution in [3.8, 4) is 0 Å². The second kappa shape index (κ2) is 8.19. The Labute approximate surface area is 101 Å². The van der Waals surface area contributed by atoms with Crippen molar-refractivity contribution in [1.82, 2.24) is 4.90 Å². The van der Waals surface area contributed by atoms with Gasteiger partial charge in [-0.15, -0.1) is 0 Å². The molecule has 17 heavy (non-hydrogen) atoms. The number of aliphatic hydroxyl groups excluding tert-OH is 3. The number of carbonyl (C=O) groups is 1. The van der Waals surface area contributed by atoms with Gasteiger partial charge in [-0.3, -0.25) is 4.90 Å². The fourth-order valence-corrected chi connectivity index (χ4v) is 1.31. The molecule has 0 amide bonds. The van der Waals surface area contributed by atoms with Crippen LogP contribution in [0.1, 0.15) is 13.8 Å². The minimum absolute atomic E-state index is 0.159. The first-order chi connectivity index (χ1) is 7.93. The number of hydrogen-bond acceptors (Lipinski definition) is 6. The van der Waals surface area contributed by atoms with E-state index in [0.29, 0.717) is 0 Å². The van der Waals surface area contributed by atoms with Gasteiger partial charge in [0.2, 0.25) is 0 Å². The zero-order valence-corrected chi connectivity index (χ0v) is 10.3. The van der Waals surface area contributed by atoms with Crippen LogP contribution in [0.25, 0.3) is 0 Å². The molecule has 0 heterocycles. The summed E-state index contributed by atoms with van der Waals surface area (Å²) in [5.41, 5.74) is 0.226. The van der Waals surface area contributed by atoms with Crippen LogP contribution in [0.5, 0.6) is 0 Å². The number of hydrogen-bond donors (Lipinski definition) is 3. The van der Waals surface area contributed by atoms with Crippen LogP contribution in [0, 0.1) is 0 Å². The Bertz CT molecular complexity index is 248. The van der Waals surface area contributed by atoms with E-state index in [1.54, 1.807) is 0 Å². The molecule has 100 valence electrons. The maximum Gasteiger partial charge on any atom is 0.334 e. The number of rotatable bonds is 8. The van der Waals surface area contributed by atoms with Crippen molar-refractivity contribution in [3.63, 3.8) is 0 Å². The quantitative estimate of drug-likeness (QED) is 0.292. The summed E-state index contributed by atoms with van der Waals surface area (Å²) in [5.74, 6) is -0.614. The van der Waals surface area contributed by atoms with E-state index in [4.69, 9.17) is 14.9 Å². The number of esters is 1. The molecule has 0 aromatic heterocycles. The predicted octanol–water partition coefficient (Wildman–Crippen LogP) is -0.901. The molecule has 0 rings (SSSR count). The fraction of sp³-hybridized carbons (Fsp3) is 0.727. The summed E-state index contributed by atoms with van der Waals surface area (Å²) in [4.78, 5) is 12.9. The van der Waals surface area contributed by atoms with E-state index < -0.39 is 18.3 Å². The summed E-state index contributed by atoms with van der Waals surface area (Å²) in [6, 6.07) is 0. The highest BCUT2D eigenvalue weighted by molar-refractivity contribution is 5.87. The van der Waals surface area contributed by atoms with E-state index >= 15 is 0 Å². The van der Waals surface area contributed by atoms with Gasteiger partial charge in [-0.25, -0.2) is 4.79 Å². The second-order valence-corrected chi connectivity index (χ2v) is 3.80. The first kappa shape index (κ1) is 16.1. The molecule has 0 aromatic rings. The van der Waals surface area contributed by atoms with Crippen molar-refractivity contribution >= 4 is 5.97 Å². The molecule has 2 unspecified atom stereocenters. The van der Waals surface area contributed by atoms with Crippen LogP contribution in [0.4, 0.5) is 0 Å². The largest absolute Gasteiger partial charge is 0.440 e. The summed E-state index contributed by atoms with van der Waals surface area (Å²) in [6.07, 6.45) is -1.84. The Morgan fingerprint density at radius 3 is 2.12 bits per heavy atom. The van der Waals surface area contributed by atoms with E-state index in [2.05, 4.69) is 6.58 Å². The molecule has 0 aliphatic rings. The van der Waals surface area contributed by atoms with Crippen molar-refractivity contribution in [2.24, 2.45) is 0 Å². The molecule has 0 aliphatic carbocycles. The molecular formula is C11H21NO5. The number of aliphatic hydroxyl groups is 3. The van der Waals surface area contributed by atoms with Crippen molar-refractivity contribution in [2.45, 2.75) is 26.2 Å². The molecule has 3 N–H and O–H groups in total. The van der Waals surface area contributed by atoms with Crippen LogP contribution < -0.4 is 0 Å². The summed E-state index contributed by atoms with van der Waals surface area (Å²) in [7, 11) is 0. The normalized spacial score (nSPS) is 14.5. The summed E-state index contributed by atoms with van der Waals surface area (Å²) in [5, 5.41) is 27.3. The van der Waals surface area contributed by atoms with E-state index in [0.717, 1.165) is 0 Å². The standard InChI is InChI=1S/C11H21NO5/c1-8(2)11(16)17-10(9(3)15)12(4-6-13)5-7-14/h9-10,13-15H,1,4-7H2,2-3H3. The van der Waals surface area contributed by atoms with Gasteiger partial charge in [-0.1, -0.05) is 6.58 Å². The van der Waals surface area contributed by atoms with Crippen LogP contribution in [0.15, 0.2) is 12.2 Å². The van der Waals surface area contributed by atoms with E-state index in [1.165, 1.54) is 18.7 Å². The molecule has 0 radical (unpaired) electrons. The molecule has 0 aromatic carbocycles. The van der Waals surface area contributed by atoms with Crippen LogP contribution >= 0.6 is 0 Å². The van der Waals surface area contributed by atoms with Crippen LogP contribution in [-0.2, 0) is 9.53 Å². The van der Waals surface area contributed by atoms with Crippen molar-refractivity contribution in [3.05, 3.63) is 12.2 Å². The number of ether oxygens (including phenoxy) is 1. The minimum atomic E-state index is -0.934. The van der Waals surface area contributed by atoms with Gasteiger partial charge in [0.15, 0.2) is 6.23 Å². The van der Waals surface area contributed by atoms with Gasteiger partial charge in [0.25, 0.3) is 0 Å². The Hall–Kier alpha value is -0.950. The van der Waals surface area contributed by atoms with Gasteiger partial charge in [-0.2, -0.15) is 0 Å². The van der Waals surface area contributed by atoms with Gasteiger partial charge < -0.3 is 20.1 Å². The molecule has 0 saturated carbocycles. The van der Waals surface area contributed by atoms with Crippen molar-refractivity contribution < 1.29 is 24.9 Å². The maximum absolute atomic E-state index is 11.4. The SMILES string of the molecule is C=C(C)C(=O)OC(C(C)O)N(CCO)CCO. The Morgan fingerprint density at radius 1 is 1.35 bits per heavy atom. The molecule has 0 bridgehead atoms. The first-order valence-corrected chi connectivity index (χ1v) is 5.44. The van der Waals surface area contributed by atoms with E-state index in [-0.39, 0.29) is 31.9 Å².